The van der Waals surface area contributed by atoms with Gasteiger partial charge in [-0.05, 0) is 38.3 Å². The molecule has 22 heavy (non-hydrogen) atoms. The molecule has 0 aromatic heterocycles. The van der Waals surface area contributed by atoms with Gasteiger partial charge in [-0.25, -0.2) is 0 Å². The third kappa shape index (κ3) is 3.64. The molecule has 1 aromatic rings. The van der Waals surface area contributed by atoms with Crippen LogP contribution in [-0.4, -0.2) is 37.0 Å². The third-order valence-electron chi connectivity index (χ3n) is 5.06. The lowest BCUT2D eigenvalue weighted by molar-refractivity contribution is -0.139. The smallest absolute Gasteiger partial charge is 0.233 e. The Kier molecular flexibility index (Phi) is 7.37. The van der Waals surface area contributed by atoms with Gasteiger partial charge < -0.3 is 10.2 Å². The number of hydrogen-bond donors (Lipinski definition) is 1. The van der Waals surface area contributed by atoms with Crippen molar-refractivity contribution in [3.8, 4) is 0 Å². The number of carbonyl (C=O) groups excluding carboxylic acids is 1. The van der Waals surface area contributed by atoms with Crippen LogP contribution < -0.4 is 5.32 Å². The Morgan fingerprint density at radius 3 is 2.45 bits per heavy atom. The second-order valence-electron chi connectivity index (χ2n) is 6.03. The molecule has 1 aromatic carbocycles. The number of nitrogens with one attached hydrogen (secondary N) is 1. The van der Waals surface area contributed by atoms with E-state index in [0.29, 0.717) is 11.9 Å². The van der Waals surface area contributed by atoms with Crippen molar-refractivity contribution < 1.29 is 4.79 Å². The van der Waals surface area contributed by atoms with Gasteiger partial charge in [-0.3, -0.25) is 4.79 Å². The lowest BCUT2D eigenvalue weighted by Gasteiger charge is -2.40. The molecule has 1 saturated heterocycles. The van der Waals surface area contributed by atoms with Crippen molar-refractivity contribution in [1.82, 2.24) is 10.2 Å². The lowest BCUT2D eigenvalue weighted by Crippen LogP contribution is -2.53. The quantitative estimate of drug-likeness (QED) is 0.900. The minimum atomic E-state index is -0.364. The first-order valence-corrected chi connectivity index (χ1v) is 8.20. The van der Waals surface area contributed by atoms with Crippen LogP contribution in [0.25, 0.3) is 0 Å². The van der Waals surface area contributed by atoms with Gasteiger partial charge in [-0.1, -0.05) is 44.2 Å². The molecule has 0 saturated carbocycles. The van der Waals surface area contributed by atoms with Crippen LogP contribution >= 0.6 is 12.4 Å². The topological polar surface area (TPSA) is 32.3 Å². The summed E-state index contributed by atoms with van der Waals surface area (Å²) in [5, 5.41) is 3.32. The molecular weight excluding hydrogens is 296 g/mol. The Morgan fingerprint density at radius 1 is 1.27 bits per heavy atom. The highest BCUT2D eigenvalue weighted by Crippen LogP contribution is 2.34. The molecule has 0 bridgehead atoms. The van der Waals surface area contributed by atoms with Crippen molar-refractivity contribution in [3.63, 3.8) is 0 Å². The van der Waals surface area contributed by atoms with Gasteiger partial charge in [0.2, 0.25) is 5.91 Å². The fourth-order valence-electron chi connectivity index (χ4n) is 3.54. The highest BCUT2D eigenvalue weighted by atomic mass is 35.5. The molecule has 1 unspecified atom stereocenters. The monoisotopic (exact) mass is 324 g/mol. The number of nitrogens with zero attached hydrogens (tertiary/aromatic N) is 1. The summed E-state index contributed by atoms with van der Waals surface area (Å²) in [6.45, 7) is 6.00. The van der Waals surface area contributed by atoms with Crippen LogP contribution in [0.5, 0.6) is 0 Å². The Hall–Kier alpha value is -1.06. The SMILES string of the molecule is CCC(CC)(C(=O)N1CCCC(NC)C1)c1ccccc1.Cl. The number of halogens is 1. The molecule has 1 amide bonds. The predicted molar refractivity (Wildman–Crippen MR) is 94.6 cm³/mol. The molecule has 1 aliphatic rings. The van der Waals surface area contributed by atoms with Gasteiger partial charge in [0.05, 0.1) is 5.41 Å². The molecule has 0 radical (unpaired) electrons. The Morgan fingerprint density at radius 2 is 1.91 bits per heavy atom. The van der Waals surface area contributed by atoms with E-state index < -0.39 is 0 Å². The first-order chi connectivity index (χ1) is 10.2. The maximum absolute atomic E-state index is 13.2. The van der Waals surface area contributed by atoms with Gasteiger partial charge in [-0.15, -0.1) is 12.4 Å². The number of likely N-dealkylation sites (tertiary alicyclic amines) is 1. The largest absolute Gasteiger partial charge is 0.340 e. The zero-order chi connectivity index (χ0) is 15.3. The molecular formula is C18H29ClN2O. The number of carbonyl (C=O) groups is 1. The number of likely N-dealkylation sites (N-methyl/N-ethyl adjacent to an activating group) is 1. The minimum absolute atomic E-state index is 0. The summed E-state index contributed by atoms with van der Waals surface area (Å²) >= 11 is 0. The normalized spacial score (nSPS) is 18.7. The maximum atomic E-state index is 13.2. The van der Waals surface area contributed by atoms with Gasteiger partial charge >= 0.3 is 0 Å². The van der Waals surface area contributed by atoms with Crippen LogP contribution in [0.3, 0.4) is 0 Å². The first kappa shape index (κ1) is 19.0. The van der Waals surface area contributed by atoms with Crippen molar-refractivity contribution in [3.05, 3.63) is 35.9 Å². The molecule has 3 nitrogen and oxygen atoms in total. The highest BCUT2D eigenvalue weighted by Gasteiger charge is 2.40. The van der Waals surface area contributed by atoms with Crippen molar-refractivity contribution in [2.75, 3.05) is 20.1 Å². The summed E-state index contributed by atoms with van der Waals surface area (Å²) in [5.41, 5.74) is 0.795. The summed E-state index contributed by atoms with van der Waals surface area (Å²) in [4.78, 5) is 15.3. The molecule has 1 aliphatic heterocycles. The molecule has 1 N–H and O–H groups in total. The zero-order valence-electron chi connectivity index (χ0n) is 14.0. The average Bonchev–Trinajstić information content (AvgIpc) is 2.57. The van der Waals surface area contributed by atoms with Gasteiger partial charge in [0, 0.05) is 19.1 Å². The molecule has 1 atom stereocenters. The Labute approximate surface area is 140 Å². The predicted octanol–water partition coefficient (Wildman–Crippen LogP) is 3.38. The van der Waals surface area contributed by atoms with E-state index in [2.05, 4.69) is 36.2 Å². The number of benzene rings is 1. The standard InChI is InChI=1S/C18H28N2O.ClH/c1-4-18(5-2,15-10-7-6-8-11-15)17(21)20-13-9-12-16(14-20)19-3;/h6-8,10-11,16,19H,4-5,9,12-14H2,1-3H3;1H. The van der Waals surface area contributed by atoms with Gasteiger partial charge in [-0.2, -0.15) is 0 Å². The van der Waals surface area contributed by atoms with Crippen LogP contribution in [0.1, 0.15) is 45.1 Å². The molecule has 0 spiro atoms. The van der Waals surface area contributed by atoms with Crippen LogP contribution in [0.15, 0.2) is 30.3 Å². The van der Waals surface area contributed by atoms with E-state index in [1.54, 1.807) is 0 Å². The number of piperidine rings is 1. The molecule has 4 heteroatoms. The van der Waals surface area contributed by atoms with E-state index in [9.17, 15) is 4.79 Å². The molecule has 0 aliphatic carbocycles. The first-order valence-electron chi connectivity index (χ1n) is 8.20. The molecule has 124 valence electrons. The van der Waals surface area contributed by atoms with E-state index in [-0.39, 0.29) is 17.8 Å². The fraction of sp³-hybridized carbons (Fsp3) is 0.611. The van der Waals surface area contributed by atoms with Crippen LogP contribution in [0.4, 0.5) is 0 Å². The van der Waals surface area contributed by atoms with Gasteiger partial charge in [0.25, 0.3) is 0 Å². The molecule has 2 rings (SSSR count). The van der Waals surface area contributed by atoms with Crippen molar-refractivity contribution in [2.45, 2.75) is 51.0 Å². The van der Waals surface area contributed by atoms with Crippen molar-refractivity contribution in [1.29, 1.82) is 0 Å². The second kappa shape index (κ2) is 8.54. The number of amides is 1. The maximum Gasteiger partial charge on any atom is 0.233 e. The average molecular weight is 325 g/mol. The van der Waals surface area contributed by atoms with E-state index in [4.69, 9.17) is 0 Å². The van der Waals surface area contributed by atoms with Crippen LogP contribution in [0, 0.1) is 0 Å². The number of rotatable bonds is 5. The van der Waals surface area contributed by atoms with E-state index in [1.165, 1.54) is 0 Å². The summed E-state index contributed by atoms with van der Waals surface area (Å²) in [6, 6.07) is 10.7. The summed E-state index contributed by atoms with van der Waals surface area (Å²) in [6.07, 6.45) is 3.96. The lowest BCUT2D eigenvalue weighted by atomic mass is 9.74. The highest BCUT2D eigenvalue weighted by molar-refractivity contribution is 5.88. The zero-order valence-corrected chi connectivity index (χ0v) is 14.8. The number of hydrogen-bond acceptors (Lipinski definition) is 2. The second-order valence-corrected chi connectivity index (χ2v) is 6.03. The van der Waals surface area contributed by atoms with Crippen LogP contribution in [-0.2, 0) is 10.2 Å². The summed E-state index contributed by atoms with van der Waals surface area (Å²) < 4.78 is 0. The summed E-state index contributed by atoms with van der Waals surface area (Å²) in [5.74, 6) is 0.304. The minimum Gasteiger partial charge on any atom is -0.340 e. The molecule has 1 heterocycles. The van der Waals surface area contributed by atoms with Gasteiger partial charge in [0.15, 0.2) is 0 Å². The Bertz CT molecular complexity index is 459. The molecule has 1 fully saturated rings. The van der Waals surface area contributed by atoms with E-state index >= 15 is 0 Å². The third-order valence-corrected chi connectivity index (χ3v) is 5.06. The fourth-order valence-corrected chi connectivity index (χ4v) is 3.54. The van der Waals surface area contributed by atoms with Crippen LogP contribution in [0.2, 0.25) is 0 Å². The van der Waals surface area contributed by atoms with Crippen molar-refractivity contribution in [2.24, 2.45) is 0 Å². The summed E-state index contributed by atoms with van der Waals surface area (Å²) in [7, 11) is 1.99. The van der Waals surface area contributed by atoms with E-state index in [1.807, 2.05) is 25.2 Å². The van der Waals surface area contributed by atoms with Gasteiger partial charge in [0.1, 0.15) is 0 Å². The Balaban J connectivity index is 0.00000242. The van der Waals surface area contributed by atoms with Crippen molar-refractivity contribution >= 4 is 18.3 Å². The van der Waals surface area contributed by atoms with E-state index in [0.717, 1.165) is 44.3 Å².